The van der Waals surface area contributed by atoms with Gasteiger partial charge < -0.3 is 4.74 Å². The van der Waals surface area contributed by atoms with Crippen molar-refractivity contribution in [3.8, 4) is 5.75 Å². The molecule has 16 heavy (non-hydrogen) atoms. The lowest BCUT2D eigenvalue weighted by molar-refractivity contribution is 0.414. The molecule has 0 aliphatic rings. The maximum Gasteiger partial charge on any atom is 0.119 e. The predicted molar refractivity (Wildman–Crippen MR) is 68.9 cm³/mol. The van der Waals surface area contributed by atoms with Crippen LogP contribution in [0.4, 0.5) is 0 Å². The van der Waals surface area contributed by atoms with E-state index in [0.717, 1.165) is 5.75 Å². The summed E-state index contributed by atoms with van der Waals surface area (Å²) in [5, 5.41) is 0. The summed E-state index contributed by atoms with van der Waals surface area (Å²) in [5.74, 6) is 0.926. The Morgan fingerprint density at radius 3 is 1.75 bits per heavy atom. The molecule has 2 aromatic carbocycles. The minimum Gasteiger partial charge on any atom is -0.497 e. The molecule has 0 fully saturated rings. The number of rotatable bonds is 1. The Bertz CT molecular complexity index is 407. The van der Waals surface area contributed by atoms with Gasteiger partial charge >= 0.3 is 0 Å². The second-order valence-corrected chi connectivity index (χ2v) is 3.68. The van der Waals surface area contributed by atoms with E-state index >= 15 is 0 Å². The first-order valence-corrected chi connectivity index (χ1v) is 5.34. The van der Waals surface area contributed by atoms with Gasteiger partial charge in [0.1, 0.15) is 5.75 Å². The Morgan fingerprint density at radius 2 is 1.38 bits per heavy atom. The van der Waals surface area contributed by atoms with Gasteiger partial charge in [0.2, 0.25) is 0 Å². The third-order valence-corrected chi connectivity index (χ3v) is 2.17. The molecular weight excluding hydrogens is 196 g/mol. The van der Waals surface area contributed by atoms with Crippen molar-refractivity contribution in [2.24, 2.45) is 0 Å². The summed E-state index contributed by atoms with van der Waals surface area (Å²) in [6, 6.07) is 18.2. The molecule has 0 saturated heterocycles. The summed E-state index contributed by atoms with van der Waals surface area (Å²) < 4.78 is 5.00. The van der Waals surface area contributed by atoms with Crippen LogP contribution in [0.5, 0.6) is 5.75 Å². The molecule has 0 aliphatic heterocycles. The van der Waals surface area contributed by atoms with Crippen LogP contribution in [0.2, 0.25) is 0 Å². The number of methoxy groups -OCH3 is 1. The van der Waals surface area contributed by atoms with E-state index < -0.39 is 0 Å². The van der Waals surface area contributed by atoms with Crippen molar-refractivity contribution in [3.63, 3.8) is 0 Å². The van der Waals surface area contributed by atoms with E-state index in [1.54, 1.807) is 7.11 Å². The first-order valence-electron chi connectivity index (χ1n) is 5.34. The van der Waals surface area contributed by atoms with Crippen LogP contribution in [0.15, 0.2) is 54.6 Å². The molecule has 0 saturated carbocycles. The van der Waals surface area contributed by atoms with E-state index in [0.29, 0.717) is 0 Å². The SMILES string of the molecule is COc1cccc(C)c1.Cc1ccccc1. The van der Waals surface area contributed by atoms with Gasteiger partial charge in [-0.1, -0.05) is 48.0 Å². The average molecular weight is 214 g/mol. The molecule has 0 bridgehead atoms. The van der Waals surface area contributed by atoms with Crippen LogP contribution in [0.1, 0.15) is 11.1 Å². The van der Waals surface area contributed by atoms with Crippen LogP contribution in [-0.2, 0) is 0 Å². The minimum absolute atomic E-state index is 0.926. The zero-order chi connectivity index (χ0) is 11.8. The van der Waals surface area contributed by atoms with Crippen molar-refractivity contribution in [2.45, 2.75) is 13.8 Å². The molecular formula is C15H18O. The molecule has 0 atom stereocenters. The monoisotopic (exact) mass is 214 g/mol. The minimum atomic E-state index is 0.926. The number of ether oxygens (including phenoxy) is 1. The highest BCUT2D eigenvalue weighted by atomic mass is 16.5. The lowest BCUT2D eigenvalue weighted by atomic mass is 10.2. The van der Waals surface area contributed by atoms with Gasteiger partial charge in [0.15, 0.2) is 0 Å². The zero-order valence-electron chi connectivity index (χ0n) is 10.1. The molecule has 0 N–H and O–H groups in total. The van der Waals surface area contributed by atoms with Gasteiger partial charge in [-0.15, -0.1) is 0 Å². The van der Waals surface area contributed by atoms with Crippen molar-refractivity contribution < 1.29 is 4.74 Å². The van der Waals surface area contributed by atoms with Crippen LogP contribution < -0.4 is 4.74 Å². The highest BCUT2D eigenvalue weighted by molar-refractivity contribution is 5.27. The van der Waals surface area contributed by atoms with E-state index in [-0.39, 0.29) is 0 Å². The lowest BCUT2D eigenvalue weighted by Gasteiger charge is -1.97. The Labute approximate surface area is 97.7 Å². The molecule has 2 aromatic rings. The van der Waals surface area contributed by atoms with Crippen molar-refractivity contribution in [2.75, 3.05) is 7.11 Å². The fourth-order valence-corrected chi connectivity index (χ4v) is 1.28. The van der Waals surface area contributed by atoms with E-state index in [4.69, 9.17) is 4.74 Å². The molecule has 84 valence electrons. The van der Waals surface area contributed by atoms with Crippen LogP contribution in [0, 0.1) is 13.8 Å². The quantitative estimate of drug-likeness (QED) is 0.697. The third-order valence-electron chi connectivity index (χ3n) is 2.17. The fourth-order valence-electron chi connectivity index (χ4n) is 1.28. The Balaban J connectivity index is 0.000000165. The summed E-state index contributed by atoms with van der Waals surface area (Å²) in [6.07, 6.45) is 0. The highest BCUT2D eigenvalue weighted by Gasteiger charge is 1.86. The Kier molecular flexibility index (Phi) is 5.13. The maximum atomic E-state index is 5.00. The lowest BCUT2D eigenvalue weighted by Crippen LogP contribution is -1.81. The van der Waals surface area contributed by atoms with Gasteiger partial charge in [-0.3, -0.25) is 0 Å². The van der Waals surface area contributed by atoms with Crippen molar-refractivity contribution >= 4 is 0 Å². The van der Waals surface area contributed by atoms with E-state index in [1.165, 1.54) is 11.1 Å². The molecule has 2 rings (SSSR count). The van der Waals surface area contributed by atoms with Crippen LogP contribution >= 0.6 is 0 Å². The Hall–Kier alpha value is -1.76. The smallest absolute Gasteiger partial charge is 0.119 e. The highest BCUT2D eigenvalue weighted by Crippen LogP contribution is 2.10. The van der Waals surface area contributed by atoms with E-state index in [2.05, 4.69) is 19.1 Å². The van der Waals surface area contributed by atoms with E-state index in [1.807, 2.05) is 49.4 Å². The molecule has 0 unspecified atom stereocenters. The summed E-state index contributed by atoms with van der Waals surface area (Å²) in [6.45, 7) is 4.13. The number of hydrogen-bond donors (Lipinski definition) is 0. The second kappa shape index (κ2) is 6.67. The molecule has 0 aromatic heterocycles. The van der Waals surface area contributed by atoms with Crippen LogP contribution in [0.3, 0.4) is 0 Å². The average Bonchev–Trinajstić information content (AvgIpc) is 2.31. The van der Waals surface area contributed by atoms with Crippen molar-refractivity contribution in [3.05, 3.63) is 65.7 Å². The molecule has 0 radical (unpaired) electrons. The summed E-state index contributed by atoms with van der Waals surface area (Å²) in [4.78, 5) is 0. The van der Waals surface area contributed by atoms with Crippen LogP contribution in [-0.4, -0.2) is 7.11 Å². The number of hydrogen-bond acceptors (Lipinski definition) is 1. The third kappa shape index (κ3) is 4.65. The molecule has 1 heteroatoms. The van der Waals surface area contributed by atoms with Gasteiger partial charge in [0, 0.05) is 0 Å². The maximum absolute atomic E-state index is 5.00. The van der Waals surface area contributed by atoms with Gasteiger partial charge in [0.25, 0.3) is 0 Å². The van der Waals surface area contributed by atoms with Gasteiger partial charge in [-0.2, -0.15) is 0 Å². The van der Waals surface area contributed by atoms with Gasteiger partial charge in [-0.05, 0) is 31.5 Å². The summed E-state index contributed by atoms with van der Waals surface area (Å²) >= 11 is 0. The fraction of sp³-hybridized carbons (Fsp3) is 0.200. The number of aryl methyl sites for hydroxylation is 2. The zero-order valence-corrected chi connectivity index (χ0v) is 10.1. The first-order chi connectivity index (χ1) is 7.72. The summed E-state index contributed by atoms with van der Waals surface area (Å²) in [5.41, 5.74) is 2.55. The molecule has 0 amide bonds. The van der Waals surface area contributed by atoms with Gasteiger partial charge in [0.05, 0.1) is 7.11 Å². The van der Waals surface area contributed by atoms with E-state index in [9.17, 15) is 0 Å². The molecule has 0 spiro atoms. The van der Waals surface area contributed by atoms with Gasteiger partial charge in [-0.25, -0.2) is 0 Å². The standard InChI is InChI=1S/C8H10O.C7H8/c1-7-4-3-5-8(6-7)9-2;1-7-5-3-2-4-6-7/h3-6H,1-2H3;2-6H,1H3. The van der Waals surface area contributed by atoms with Crippen molar-refractivity contribution in [1.29, 1.82) is 0 Å². The van der Waals surface area contributed by atoms with Crippen molar-refractivity contribution in [1.82, 2.24) is 0 Å². The molecule has 1 nitrogen and oxygen atoms in total. The Morgan fingerprint density at radius 1 is 0.750 bits per heavy atom. The second-order valence-electron chi connectivity index (χ2n) is 3.68. The first kappa shape index (κ1) is 12.3. The normalized spacial score (nSPS) is 8.94. The molecule has 0 aliphatic carbocycles. The van der Waals surface area contributed by atoms with Crippen LogP contribution in [0.25, 0.3) is 0 Å². The predicted octanol–water partition coefficient (Wildman–Crippen LogP) is 4.00. The number of benzene rings is 2. The topological polar surface area (TPSA) is 9.23 Å². The molecule has 0 heterocycles. The summed E-state index contributed by atoms with van der Waals surface area (Å²) in [7, 11) is 1.68. The largest absolute Gasteiger partial charge is 0.497 e.